The number of carbonyl (C=O) groups excluding carboxylic acids is 1. The number of allylic oxidation sites excluding steroid dienone is 1. The minimum atomic E-state index is 0.0856. The van der Waals surface area contributed by atoms with Crippen LogP contribution in [0.5, 0.6) is 0 Å². The Morgan fingerprint density at radius 1 is 1.44 bits per heavy atom. The van der Waals surface area contributed by atoms with Crippen LogP contribution >= 0.6 is 15.9 Å². The second kappa shape index (κ2) is 6.86. The van der Waals surface area contributed by atoms with E-state index in [4.69, 9.17) is 5.84 Å². The van der Waals surface area contributed by atoms with E-state index in [0.717, 1.165) is 4.47 Å². The molecular weight excluding hydrogens is 272 g/mol. The number of aliphatic imine (C=N–C) groups is 1. The van der Waals surface area contributed by atoms with Crippen LogP contribution < -0.4 is 11.3 Å². The maximum absolute atomic E-state index is 10.3. The Kier molecular flexibility index (Phi) is 5.38. The first-order chi connectivity index (χ1) is 7.72. The summed E-state index contributed by atoms with van der Waals surface area (Å²) in [4.78, 5) is 17.9. The number of rotatable bonds is 1. The molecule has 0 saturated heterocycles. The van der Waals surface area contributed by atoms with Crippen molar-refractivity contribution in [2.24, 2.45) is 10.8 Å². The van der Waals surface area contributed by atoms with E-state index < -0.39 is 0 Å². The van der Waals surface area contributed by atoms with Gasteiger partial charge in [0.15, 0.2) is 5.78 Å². The molecule has 0 radical (unpaired) electrons. The van der Waals surface area contributed by atoms with Crippen LogP contribution in [0, 0.1) is 0 Å². The number of nitrogens with zero attached hydrogens (tertiary/aromatic N) is 2. The second-order valence-electron chi connectivity index (χ2n) is 2.82. The highest BCUT2D eigenvalue weighted by molar-refractivity contribution is 9.10. The van der Waals surface area contributed by atoms with Gasteiger partial charge in [-0.05, 0) is 40.2 Å². The van der Waals surface area contributed by atoms with E-state index in [1.165, 1.54) is 6.08 Å². The fourth-order valence-electron chi connectivity index (χ4n) is 0.868. The van der Waals surface area contributed by atoms with Crippen LogP contribution in [0.2, 0.25) is 0 Å². The van der Waals surface area contributed by atoms with Gasteiger partial charge in [-0.1, -0.05) is 0 Å². The lowest BCUT2D eigenvalue weighted by Crippen LogP contribution is -2.07. The SMILES string of the molecule is NNc1ccc(Br)cn1.O=C1C=CC=NC1. The molecule has 0 saturated carbocycles. The molecule has 0 fully saturated rings. The van der Waals surface area contributed by atoms with Gasteiger partial charge in [-0.15, -0.1) is 0 Å². The lowest BCUT2D eigenvalue weighted by molar-refractivity contribution is -0.113. The summed E-state index contributed by atoms with van der Waals surface area (Å²) in [7, 11) is 0. The van der Waals surface area contributed by atoms with Crippen molar-refractivity contribution in [3.63, 3.8) is 0 Å². The van der Waals surface area contributed by atoms with Crippen LogP contribution in [0.1, 0.15) is 0 Å². The number of nitrogens with two attached hydrogens (primary N) is 1. The first-order valence-corrected chi connectivity index (χ1v) is 5.29. The van der Waals surface area contributed by atoms with Crippen LogP contribution in [-0.2, 0) is 4.79 Å². The van der Waals surface area contributed by atoms with Crippen molar-refractivity contribution in [3.8, 4) is 0 Å². The summed E-state index contributed by atoms with van der Waals surface area (Å²) in [5, 5.41) is 0. The predicted octanol–water partition coefficient (Wildman–Crippen LogP) is 1.33. The first kappa shape index (κ1) is 12.5. The molecule has 0 atom stereocenters. The Morgan fingerprint density at radius 3 is 2.62 bits per heavy atom. The van der Waals surface area contributed by atoms with Gasteiger partial charge in [0.25, 0.3) is 0 Å². The summed E-state index contributed by atoms with van der Waals surface area (Å²) in [5.41, 5.74) is 2.42. The first-order valence-electron chi connectivity index (χ1n) is 4.50. The molecular formula is C10H11BrN4O. The lowest BCUT2D eigenvalue weighted by atomic mass is 10.3. The van der Waals surface area contributed by atoms with E-state index >= 15 is 0 Å². The largest absolute Gasteiger partial charge is 0.308 e. The average molecular weight is 283 g/mol. The molecule has 5 nitrogen and oxygen atoms in total. The number of nitrogen functional groups attached to an aromatic ring is 1. The zero-order chi connectivity index (χ0) is 11.8. The molecule has 0 spiro atoms. The molecule has 2 rings (SSSR count). The quantitative estimate of drug-likeness (QED) is 0.602. The maximum atomic E-state index is 10.3. The van der Waals surface area contributed by atoms with Crippen molar-refractivity contribution in [2.75, 3.05) is 12.0 Å². The van der Waals surface area contributed by atoms with Gasteiger partial charge in [-0.2, -0.15) is 0 Å². The third kappa shape index (κ3) is 4.81. The van der Waals surface area contributed by atoms with Crippen molar-refractivity contribution in [1.82, 2.24) is 4.98 Å². The smallest absolute Gasteiger partial charge is 0.177 e. The molecule has 1 aromatic rings. The number of hydrogen-bond donors (Lipinski definition) is 2. The molecule has 1 aromatic heterocycles. The number of halogens is 1. The minimum absolute atomic E-state index is 0.0856. The Morgan fingerprint density at radius 2 is 2.25 bits per heavy atom. The van der Waals surface area contributed by atoms with E-state index in [1.807, 2.05) is 6.07 Å². The fraction of sp³-hybridized carbons (Fsp3) is 0.100. The number of hydrogen-bond acceptors (Lipinski definition) is 5. The zero-order valence-corrected chi connectivity index (χ0v) is 10.0. The Hall–Kier alpha value is -1.53. The van der Waals surface area contributed by atoms with E-state index in [1.54, 1.807) is 24.6 Å². The lowest BCUT2D eigenvalue weighted by Gasteiger charge is -1.95. The highest BCUT2D eigenvalue weighted by Gasteiger charge is 1.93. The molecule has 3 N–H and O–H groups in total. The van der Waals surface area contributed by atoms with Crippen LogP contribution in [-0.4, -0.2) is 23.5 Å². The van der Waals surface area contributed by atoms with Crippen molar-refractivity contribution in [1.29, 1.82) is 0 Å². The monoisotopic (exact) mass is 282 g/mol. The summed E-state index contributed by atoms with van der Waals surface area (Å²) in [6.07, 6.45) is 6.47. The van der Waals surface area contributed by atoms with Gasteiger partial charge in [-0.3, -0.25) is 9.79 Å². The highest BCUT2D eigenvalue weighted by Crippen LogP contribution is 2.08. The maximum Gasteiger partial charge on any atom is 0.177 e. The number of carbonyl (C=O) groups is 1. The summed E-state index contributed by atoms with van der Waals surface area (Å²) < 4.78 is 0.946. The van der Waals surface area contributed by atoms with Crippen LogP contribution in [0.4, 0.5) is 5.82 Å². The number of dihydropyridines is 1. The minimum Gasteiger partial charge on any atom is -0.308 e. The van der Waals surface area contributed by atoms with E-state index in [9.17, 15) is 4.79 Å². The molecule has 1 aliphatic heterocycles. The number of ketones is 1. The molecule has 0 amide bonds. The highest BCUT2D eigenvalue weighted by atomic mass is 79.9. The number of anilines is 1. The molecule has 0 aliphatic carbocycles. The summed E-state index contributed by atoms with van der Waals surface area (Å²) in [6, 6.07) is 3.65. The molecule has 0 aromatic carbocycles. The zero-order valence-electron chi connectivity index (χ0n) is 8.43. The van der Waals surface area contributed by atoms with Crippen molar-refractivity contribution < 1.29 is 4.79 Å². The standard InChI is InChI=1S/C5H6BrN3.C5H5NO/c6-4-1-2-5(9-7)8-3-4;7-5-2-1-3-6-4-5/h1-3H,7H2,(H,8,9);1-3H,4H2. The third-order valence-electron chi connectivity index (χ3n) is 1.60. The molecule has 84 valence electrons. The van der Waals surface area contributed by atoms with Crippen LogP contribution in [0.25, 0.3) is 0 Å². The molecule has 2 heterocycles. The van der Waals surface area contributed by atoms with Gasteiger partial charge in [0, 0.05) is 16.9 Å². The molecule has 0 unspecified atom stereocenters. The number of nitrogens with one attached hydrogen (secondary N) is 1. The Labute approximate surface area is 102 Å². The van der Waals surface area contributed by atoms with Gasteiger partial charge < -0.3 is 5.43 Å². The number of aromatic nitrogens is 1. The van der Waals surface area contributed by atoms with Gasteiger partial charge in [0.1, 0.15) is 12.4 Å². The molecule has 6 heteroatoms. The van der Waals surface area contributed by atoms with Gasteiger partial charge in [-0.25, -0.2) is 10.8 Å². The fourth-order valence-corrected chi connectivity index (χ4v) is 1.10. The molecule has 1 aliphatic rings. The van der Waals surface area contributed by atoms with Gasteiger partial charge in [0.05, 0.1) is 0 Å². The van der Waals surface area contributed by atoms with Gasteiger partial charge in [0.2, 0.25) is 0 Å². The van der Waals surface area contributed by atoms with Crippen molar-refractivity contribution in [2.45, 2.75) is 0 Å². The predicted molar refractivity (Wildman–Crippen MR) is 67.3 cm³/mol. The Bertz CT molecular complexity index is 400. The van der Waals surface area contributed by atoms with Crippen molar-refractivity contribution in [3.05, 3.63) is 35.0 Å². The molecule has 16 heavy (non-hydrogen) atoms. The topological polar surface area (TPSA) is 80.4 Å². The number of hydrazine groups is 1. The number of pyridine rings is 1. The summed E-state index contributed by atoms with van der Waals surface area (Å²) in [6.45, 7) is 0.330. The van der Waals surface area contributed by atoms with E-state index in [2.05, 4.69) is 31.3 Å². The van der Waals surface area contributed by atoms with Crippen molar-refractivity contribution >= 4 is 33.7 Å². The molecule has 0 bridgehead atoms. The van der Waals surface area contributed by atoms with E-state index in [-0.39, 0.29) is 5.78 Å². The average Bonchev–Trinajstić information content (AvgIpc) is 2.32. The summed E-state index contributed by atoms with van der Waals surface area (Å²) >= 11 is 3.24. The normalized spacial score (nSPS) is 13.0. The van der Waals surface area contributed by atoms with E-state index in [0.29, 0.717) is 12.4 Å². The second-order valence-corrected chi connectivity index (χ2v) is 3.74. The van der Waals surface area contributed by atoms with Crippen LogP contribution in [0.3, 0.4) is 0 Å². The van der Waals surface area contributed by atoms with Crippen LogP contribution in [0.15, 0.2) is 39.9 Å². The Balaban J connectivity index is 0.000000165. The van der Waals surface area contributed by atoms with Gasteiger partial charge >= 0.3 is 0 Å². The summed E-state index contributed by atoms with van der Waals surface area (Å²) in [5.74, 6) is 5.82. The third-order valence-corrected chi connectivity index (χ3v) is 2.07.